The molecule has 4 heteroatoms. The van der Waals surface area contributed by atoms with Crippen molar-refractivity contribution < 1.29 is 4.79 Å². The third-order valence-corrected chi connectivity index (χ3v) is 2.67. The Balaban J connectivity index is 2.16. The molecule has 0 saturated heterocycles. The van der Waals surface area contributed by atoms with Crippen LogP contribution in [0.2, 0.25) is 0 Å². The van der Waals surface area contributed by atoms with Crippen LogP contribution in [0.3, 0.4) is 0 Å². The van der Waals surface area contributed by atoms with Gasteiger partial charge in [-0.2, -0.15) is 0 Å². The number of ketones is 1. The smallest absolute Gasteiger partial charge is 0.159 e. The van der Waals surface area contributed by atoms with Crippen molar-refractivity contribution in [3.05, 3.63) is 54.0 Å². The first-order valence-electron chi connectivity index (χ1n) is 5.75. The van der Waals surface area contributed by atoms with E-state index in [1.54, 1.807) is 31.5 Å². The van der Waals surface area contributed by atoms with Gasteiger partial charge in [-0.3, -0.25) is 9.78 Å². The van der Waals surface area contributed by atoms with Gasteiger partial charge in [0.1, 0.15) is 5.82 Å². The molecule has 0 atom stereocenters. The first-order chi connectivity index (χ1) is 8.66. The molecule has 2 heterocycles. The van der Waals surface area contributed by atoms with Gasteiger partial charge in [0.15, 0.2) is 5.78 Å². The van der Waals surface area contributed by atoms with E-state index < -0.39 is 0 Å². The monoisotopic (exact) mass is 241 g/mol. The predicted molar refractivity (Wildman–Crippen MR) is 70.6 cm³/mol. The van der Waals surface area contributed by atoms with E-state index in [2.05, 4.69) is 9.97 Å². The Hall–Kier alpha value is -2.23. The molecule has 0 radical (unpaired) electrons. The lowest BCUT2D eigenvalue weighted by molar-refractivity contribution is 0.101. The van der Waals surface area contributed by atoms with Crippen molar-refractivity contribution in [3.8, 4) is 0 Å². The number of hydrogen-bond donors (Lipinski definition) is 0. The fraction of sp³-hybridized carbons (Fsp3) is 0.214. The maximum absolute atomic E-state index is 11.3. The van der Waals surface area contributed by atoms with E-state index in [1.807, 2.05) is 30.1 Å². The first-order valence-corrected chi connectivity index (χ1v) is 5.75. The zero-order chi connectivity index (χ0) is 13.0. The van der Waals surface area contributed by atoms with Crippen LogP contribution in [-0.2, 0) is 6.54 Å². The van der Waals surface area contributed by atoms with E-state index in [4.69, 9.17) is 0 Å². The van der Waals surface area contributed by atoms with Crippen molar-refractivity contribution in [2.75, 3.05) is 11.9 Å². The molecule has 0 spiro atoms. The fourth-order valence-corrected chi connectivity index (χ4v) is 1.66. The van der Waals surface area contributed by atoms with Crippen LogP contribution in [-0.4, -0.2) is 22.8 Å². The average Bonchev–Trinajstić information content (AvgIpc) is 2.40. The SMILES string of the molecule is CC(=O)c1ccnc(N(C)Cc2ccccn2)c1. The van der Waals surface area contributed by atoms with Gasteiger partial charge in [0.2, 0.25) is 0 Å². The van der Waals surface area contributed by atoms with Crippen LogP contribution < -0.4 is 4.90 Å². The summed E-state index contributed by atoms with van der Waals surface area (Å²) in [5.41, 5.74) is 1.64. The van der Waals surface area contributed by atoms with Gasteiger partial charge in [-0.05, 0) is 31.2 Å². The molecule has 92 valence electrons. The zero-order valence-corrected chi connectivity index (χ0v) is 10.5. The second-order valence-corrected chi connectivity index (χ2v) is 4.14. The summed E-state index contributed by atoms with van der Waals surface area (Å²) >= 11 is 0. The molecule has 2 aromatic rings. The number of pyridine rings is 2. The highest BCUT2D eigenvalue weighted by molar-refractivity contribution is 5.94. The number of carbonyl (C=O) groups excluding carboxylic acids is 1. The van der Waals surface area contributed by atoms with E-state index in [0.717, 1.165) is 11.5 Å². The Morgan fingerprint density at radius 2 is 2.06 bits per heavy atom. The van der Waals surface area contributed by atoms with E-state index in [1.165, 1.54) is 0 Å². The number of anilines is 1. The third-order valence-electron chi connectivity index (χ3n) is 2.67. The van der Waals surface area contributed by atoms with E-state index >= 15 is 0 Å². The molecule has 0 aliphatic rings. The second-order valence-electron chi connectivity index (χ2n) is 4.14. The van der Waals surface area contributed by atoms with Crippen LogP contribution in [0.25, 0.3) is 0 Å². The van der Waals surface area contributed by atoms with Crippen LogP contribution >= 0.6 is 0 Å². The molecular weight excluding hydrogens is 226 g/mol. The van der Waals surface area contributed by atoms with Crippen LogP contribution in [0.5, 0.6) is 0 Å². The number of hydrogen-bond acceptors (Lipinski definition) is 4. The summed E-state index contributed by atoms with van der Waals surface area (Å²) in [6, 6.07) is 9.32. The molecule has 0 amide bonds. The molecule has 0 unspecified atom stereocenters. The number of carbonyl (C=O) groups is 1. The van der Waals surface area contributed by atoms with Gasteiger partial charge in [0.05, 0.1) is 12.2 Å². The average molecular weight is 241 g/mol. The Morgan fingerprint density at radius 1 is 1.22 bits per heavy atom. The molecular formula is C14H15N3O. The molecule has 4 nitrogen and oxygen atoms in total. The second kappa shape index (κ2) is 5.40. The maximum Gasteiger partial charge on any atom is 0.159 e. The minimum absolute atomic E-state index is 0.0462. The van der Waals surface area contributed by atoms with Crippen molar-refractivity contribution in [2.45, 2.75) is 13.5 Å². The van der Waals surface area contributed by atoms with Crippen molar-refractivity contribution in [3.63, 3.8) is 0 Å². The summed E-state index contributed by atoms with van der Waals surface area (Å²) in [4.78, 5) is 21.8. The van der Waals surface area contributed by atoms with Gasteiger partial charge in [-0.15, -0.1) is 0 Å². The molecule has 18 heavy (non-hydrogen) atoms. The molecule has 0 saturated carbocycles. The van der Waals surface area contributed by atoms with E-state index in [9.17, 15) is 4.79 Å². The predicted octanol–water partition coefficient (Wildman–Crippen LogP) is 2.32. The van der Waals surface area contributed by atoms with E-state index in [-0.39, 0.29) is 5.78 Å². The Bertz CT molecular complexity index is 540. The molecule has 0 aromatic carbocycles. The summed E-state index contributed by atoms with van der Waals surface area (Å²) in [6.45, 7) is 2.22. The summed E-state index contributed by atoms with van der Waals surface area (Å²) < 4.78 is 0. The summed E-state index contributed by atoms with van der Waals surface area (Å²) in [5, 5.41) is 0. The number of aromatic nitrogens is 2. The normalized spacial score (nSPS) is 10.1. The topological polar surface area (TPSA) is 46.1 Å². The van der Waals surface area contributed by atoms with Crippen LogP contribution in [0.4, 0.5) is 5.82 Å². The molecule has 0 bridgehead atoms. The highest BCUT2D eigenvalue weighted by Gasteiger charge is 2.06. The van der Waals surface area contributed by atoms with Gasteiger partial charge in [-0.1, -0.05) is 6.07 Å². The number of Topliss-reactive ketones (excluding diaryl/α,β-unsaturated/α-hetero) is 1. The fourth-order valence-electron chi connectivity index (χ4n) is 1.66. The molecule has 0 aliphatic carbocycles. The van der Waals surface area contributed by atoms with Gasteiger partial charge in [-0.25, -0.2) is 4.98 Å². The Morgan fingerprint density at radius 3 is 2.72 bits per heavy atom. The van der Waals surface area contributed by atoms with Crippen molar-refractivity contribution in [1.29, 1.82) is 0 Å². The standard InChI is InChI=1S/C14H15N3O/c1-11(18)12-6-8-16-14(9-12)17(2)10-13-5-3-4-7-15-13/h3-9H,10H2,1-2H3. The highest BCUT2D eigenvalue weighted by Crippen LogP contribution is 2.13. The Labute approximate surface area is 106 Å². The van der Waals surface area contributed by atoms with Gasteiger partial charge >= 0.3 is 0 Å². The molecule has 2 aromatic heterocycles. The van der Waals surface area contributed by atoms with Crippen molar-refractivity contribution >= 4 is 11.6 Å². The lowest BCUT2D eigenvalue weighted by Gasteiger charge is -2.17. The van der Waals surface area contributed by atoms with Gasteiger partial charge in [0.25, 0.3) is 0 Å². The van der Waals surface area contributed by atoms with Crippen molar-refractivity contribution in [1.82, 2.24) is 9.97 Å². The number of nitrogens with zero attached hydrogens (tertiary/aromatic N) is 3. The van der Waals surface area contributed by atoms with Gasteiger partial charge in [0, 0.05) is 25.0 Å². The zero-order valence-electron chi connectivity index (χ0n) is 10.5. The third kappa shape index (κ3) is 2.91. The number of rotatable bonds is 4. The first kappa shape index (κ1) is 12.2. The summed E-state index contributed by atoms with van der Waals surface area (Å²) in [5.74, 6) is 0.818. The molecule has 2 rings (SSSR count). The lowest BCUT2D eigenvalue weighted by atomic mass is 10.2. The Kier molecular flexibility index (Phi) is 3.67. The quantitative estimate of drug-likeness (QED) is 0.771. The van der Waals surface area contributed by atoms with Gasteiger partial charge < -0.3 is 4.90 Å². The van der Waals surface area contributed by atoms with Crippen molar-refractivity contribution in [2.24, 2.45) is 0 Å². The minimum atomic E-state index is 0.0462. The highest BCUT2D eigenvalue weighted by atomic mass is 16.1. The summed E-state index contributed by atoms with van der Waals surface area (Å²) in [6.07, 6.45) is 3.42. The van der Waals surface area contributed by atoms with E-state index in [0.29, 0.717) is 12.1 Å². The molecule has 0 N–H and O–H groups in total. The van der Waals surface area contributed by atoms with Crippen LogP contribution in [0, 0.1) is 0 Å². The van der Waals surface area contributed by atoms with Crippen LogP contribution in [0.15, 0.2) is 42.7 Å². The lowest BCUT2D eigenvalue weighted by Crippen LogP contribution is -2.18. The largest absolute Gasteiger partial charge is 0.354 e. The summed E-state index contributed by atoms with van der Waals surface area (Å²) in [7, 11) is 1.93. The molecule has 0 fully saturated rings. The molecule has 0 aliphatic heterocycles. The van der Waals surface area contributed by atoms with Crippen LogP contribution in [0.1, 0.15) is 23.0 Å². The minimum Gasteiger partial charge on any atom is -0.354 e. The maximum atomic E-state index is 11.3.